The molecule has 0 aliphatic rings. The van der Waals surface area contributed by atoms with Crippen LogP contribution in [0.15, 0.2) is 0 Å². The maximum atomic E-state index is 10.6. The predicted molar refractivity (Wildman–Crippen MR) is 39.2 cm³/mol. The highest BCUT2D eigenvalue weighted by Gasteiger charge is 1.98. The summed E-state index contributed by atoms with van der Waals surface area (Å²) in [6.07, 6.45) is 1.47. The van der Waals surface area contributed by atoms with Crippen LogP contribution in [0.25, 0.3) is 0 Å². The van der Waals surface area contributed by atoms with E-state index in [1.807, 2.05) is 0 Å². The van der Waals surface area contributed by atoms with Crippen molar-refractivity contribution in [2.75, 3.05) is 5.88 Å². The minimum absolute atomic E-state index is 0.0192. The third-order valence-electron chi connectivity index (χ3n) is 1.24. The van der Waals surface area contributed by atoms with Gasteiger partial charge in [-0.3, -0.25) is 4.79 Å². The Morgan fingerprint density at radius 3 is 2.18 bits per heavy atom. The summed E-state index contributed by atoms with van der Waals surface area (Å²) in [4.78, 5) is 20.5. The molecule has 0 bridgehead atoms. The maximum absolute atomic E-state index is 10.6. The number of carbonyl (C=O) groups excluding carboxylic acids is 2. The van der Waals surface area contributed by atoms with E-state index in [4.69, 9.17) is 11.6 Å². The molecule has 0 saturated carbocycles. The topological polar surface area (TPSA) is 57.2 Å². The average molecular weight is 178 g/mol. The van der Waals surface area contributed by atoms with Crippen LogP contribution in [0.1, 0.15) is 25.7 Å². The molecule has 0 aliphatic carbocycles. The van der Waals surface area contributed by atoms with E-state index in [0.717, 1.165) is 0 Å². The summed E-state index contributed by atoms with van der Waals surface area (Å²) in [5.41, 5.74) is 0. The van der Waals surface area contributed by atoms with Crippen molar-refractivity contribution in [1.82, 2.24) is 0 Å². The molecule has 0 aromatic rings. The molecule has 0 saturated heterocycles. The molecular weight excluding hydrogens is 168 g/mol. The van der Waals surface area contributed by atoms with Crippen LogP contribution in [0.3, 0.4) is 0 Å². The number of Topliss-reactive ketones (excluding diaryl/α,β-unsaturated/α-hetero) is 1. The average Bonchev–Trinajstić information content (AvgIpc) is 1.97. The molecule has 0 aromatic heterocycles. The number of aliphatic carboxylic acids is 1. The van der Waals surface area contributed by atoms with Gasteiger partial charge in [0.1, 0.15) is 5.78 Å². The Labute approximate surface area is 70.3 Å². The van der Waals surface area contributed by atoms with Crippen molar-refractivity contribution >= 4 is 23.4 Å². The van der Waals surface area contributed by atoms with E-state index in [2.05, 4.69) is 0 Å². The number of carbonyl (C=O) groups is 2. The van der Waals surface area contributed by atoms with Gasteiger partial charge in [-0.2, -0.15) is 0 Å². The van der Waals surface area contributed by atoms with Crippen LogP contribution in [-0.2, 0) is 9.59 Å². The van der Waals surface area contributed by atoms with Crippen LogP contribution < -0.4 is 5.11 Å². The molecule has 0 atom stereocenters. The monoisotopic (exact) mass is 177 g/mol. The van der Waals surface area contributed by atoms with Crippen molar-refractivity contribution in [1.29, 1.82) is 0 Å². The van der Waals surface area contributed by atoms with Crippen molar-refractivity contribution in [2.24, 2.45) is 0 Å². The Morgan fingerprint density at radius 2 is 1.73 bits per heavy atom. The highest BCUT2D eigenvalue weighted by Crippen LogP contribution is 2.00. The lowest BCUT2D eigenvalue weighted by Crippen LogP contribution is -2.21. The molecule has 0 amide bonds. The van der Waals surface area contributed by atoms with E-state index in [1.54, 1.807) is 0 Å². The first-order chi connectivity index (χ1) is 5.16. The first kappa shape index (κ1) is 10.4. The van der Waals surface area contributed by atoms with Gasteiger partial charge in [-0.15, -0.1) is 11.6 Å². The highest BCUT2D eigenvalue weighted by atomic mass is 35.5. The van der Waals surface area contributed by atoms with E-state index in [-0.39, 0.29) is 18.1 Å². The van der Waals surface area contributed by atoms with E-state index in [1.165, 1.54) is 0 Å². The molecule has 4 heteroatoms. The van der Waals surface area contributed by atoms with Crippen molar-refractivity contribution in [3.63, 3.8) is 0 Å². The summed E-state index contributed by atoms with van der Waals surface area (Å²) in [7, 11) is 0. The first-order valence-electron chi connectivity index (χ1n) is 3.44. The van der Waals surface area contributed by atoms with Crippen LogP contribution in [0.2, 0.25) is 0 Å². The van der Waals surface area contributed by atoms with Crippen LogP contribution in [0.4, 0.5) is 0 Å². The standard InChI is InChI=1S/C7H11ClO3/c8-5-6(9)3-1-2-4-7(10)11/h1-5H2,(H,10,11)/p-1. The molecule has 0 spiro atoms. The Morgan fingerprint density at radius 1 is 1.18 bits per heavy atom. The first-order valence-corrected chi connectivity index (χ1v) is 3.97. The van der Waals surface area contributed by atoms with Crippen molar-refractivity contribution in [3.8, 4) is 0 Å². The van der Waals surface area contributed by atoms with Crippen molar-refractivity contribution in [3.05, 3.63) is 0 Å². The number of alkyl halides is 1. The van der Waals surface area contributed by atoms with Crippen LogP contribution in [0, 0.1) is 0 Å². The van der Waals surface area contributed by atoms with Gasteiger partial charge in [0, 0.05) is 12.4 Å². The van der Waals surface area contributed by atoms with Gasteiger partial charge >= 0.3 is 0 Å². The van der Waals surface area contributed by atoms with E-state index >= 15 is 0 Å². The zero-order valence-corrected chi connectivity index (χ0v) is 6.89. The zero-order chi connectivity index (χ0) is 8.69. The van der Waals surface area contributed by atoms with Gasteiger partial charge in [-0.05, 0) is 19.3 Å². The second-order valence-electron chi connectivity index (χ2n) is 2.25. The third kappa shape index (κ3) is 7.33. The number of unbranched alkanes of at least 4 members (excludes halogenated alkanes) is 1. The lowest BCUT2D eigenvalue weighted by Gasteiger charge is -1.99. The third-order valence-corrected chi connectivity index (χ3v) is 1.53. The van der Waals surface area contributed by atoms with Gasteiger partial charge in [-0.1, -0.05) is 0 Å². The summed E-state index contributed by atoms with van der Waals surface area (Å²) < 4.78 is 0. The summed E-state index contributed by atoms with van der Waals surface area (Å²) in [5, 5.41) is 9.89. The van der Waals surface area contributed by atoms with Gasteiger partial charge in [-0.25, -0.2) is 0 Å². The minimum Gasteiger partial charge on any atom is -0.550 e. The zero-order valence-electron chi connectivity index (χ0n) is 6.14. The smallest absolute Gasteiger partial charge is 0.147 e. The fourth-order valence-corrected chi connectivity index (χ4v) is 0.792. The molecule has 0 unspecified atom stereocenters. The van der Waals surface area contributed by atoms with E-state index in [9.17, 15) is 14.7 Å². The van der Waals surface area contributed by atoms with Gasteiger partial charge in [0.25, 0.3) is 0 Å². The molecule has 64 valence electrons. The van der Waals surface area contributed by atoms with E-state index in [0.29, 0.717) is 19.3 Å². The number of carboxylic acids is 1. The second-order valence-corrected chi connectivity index (χ2v) is 2.52. The van der Waals surface area contributed by atoms with Crippen LogP contribution in [0.5, 0.6) is 0 Å². The maximum Gasteiger partial charge on any atom is 0.147 e. The lowest BCUT2D eigenvalue weighted by atomic mass is 10.1. The molecule has 11 heavy (non-hydrogen) atoms. The number of carboxylic acid groups (broad SMARTS) is 1. The summed E-state index contributed by atoms with van der Waals surface area (Å²) >= 11 is 5.22. The Hall–Kier alpha value is -0.570. The largest absolute Gasteiger partial charge is 0.550 e. The fourth-order valence-electron chi connectivity index (χ4n) is 0.658. The fraction of sp³-hybridized carbons (Fsp3) is 0.714. The summed E-state index contributed by atoms with van der Waals surface area (Å²) in [6, 6.07) is 0. The molecule has 3 nitrogen and oxygen atoms in total. The Balaban J connectivity index is 3.14. The molecule has 0 aromatic carbocycles. The number of ketones is 1. The summed E-state index contributed by atoms with van der Waals surface area (Å²) in [6.45, 7) is 0. The van der Waals surface area contributed by atoms with Crippen LogP contribution >= 0.6 is 11.6 Å². The van der Waals surface area contributed by atoms with Crippen molar-refractivity contribution < 1.29 is 14.7 Å². The van der Waals surface area contributed by atoms with Gasteiger partial charge < -0.3 is 9.90 Å². The lowest BCUT2D eigenvalue weighted by molar-refractivity contribution is -0.305. The minimum atomic E-state index is -1.07. The Bertz CT molecular complexity index is 145. The number of hydrogen-bond donors (Lipinski definition) is 0. The van der Waals surface area contributed by atoms with Crippen LogP contribution in [-0.4, -0.2) is 17.6 Å². The molecule has 0 heterocycles. The predicted octanol–water partition coefficient (Wildman–Crippen LogP) is 0.105. The molecule has 0 radical (unpaired) electrons. The second kappa shape index (κ2) is 6.16. The molecule has 0 rings (SSSR count). The quantitative estimate of drug-likeness (QED) is 0.427. The van der Waals surface area contributed by atoms with Gasteiger partial charge in [0.05, 0.1) is 5.88 Å². The molecule has 0 aliphatic heterocycles. The number of hydrogen-bond acceptors (Lipinski definition) is 3. The Kier molecular flexibility index (Phi) is 5.84. The summed E-state index contributed by atoms with van der Waals surface area (Å²) in [5.74, 6) is -1.08. The van der Waals surface area contributed by atoms with Gasteiger partial charge in [0.2, 0.25) is 0 Å². The van der Waals surface area contributed by atoms with Gasteiger partial charge in [0.15, 0.2) is 0 Å². The SMILES string of the molecule is O=C([O-])CCCCC(=O)CCl. The number of halogens is 1. The number of rotatable bonds is 6. The van der Waals surface area contributed by atoms with Crippen molar-refractivity contribution in [2.45, 2.75) is 25.7 Å². The highest BCUT2D eigenvalue weighted by molar-refractivity contribution is 6.27. The molecular formula is C7H10ClO3-. The normalized spacial score (nSPS) is 9.55. The molecule has 0 fully saturated rings. The molecule has 0 N–H and O–H groups in total. The van der Waals surface area contributed by atoms with E-state index < -0.39 is 5.97 Å².